The molecule has 1 saturated heterocycles. The van der Waals surface area contributed by atoms with Gasteiger partial charge in [0.05, 0.1) is 0 Å². The molecule has 1 unspecified atom stereocenters. The molecule has 3 nitrogen and oxygen atoms in total. The first kappa shape index (κ1) is 15.0. The molecule has 110 valence electrons. The summed E-state index contributed by atoms with van der Waals surface area (Å²) in [5.41, 5.74) is 1.20. The van der Waals surface area contributed by atoms with Crippen molar-refractivity contribution < 1.29 is 4.79 Å². The summed E-state index contributed by atoms with van der Waals surface area (Å²) in [4.78, 5) is 14.5. The summed E-state index contributed by atoms with van der Waals surface area (Å²) in [6.45, 7) is 5.95. The van der Waals surface area contributed by atoms with Gasteiger partial charge < -0.3 is 10.2 Å². The van der Waals surface area contributed by atoms with E-state index in [0.717, 1.165) is 13.0 Å². The molecule has 1 fully saturated rings. The van der Waals surface area contributed by atoms with Crippen molar-refractivity contribution in [1.82, 2.24) is 10.2 Å². The molecule has 1 aromatic carbocycles. The Bertz CT molecular complexity index is 410. The summed E-state index contributed by atoms with van der Waals surface area (Å²) < 4.78 is 0. The molecule has 0 saturated carbocycles. The van der Waals surface area contributed by atoms with Gasteiger partial charge in [0.1, 0.15) is 0 Å². The Kier molecular flexibility index (Phi) is 5.60. The van der Waals surface area contributed by atoms with Crippen LogP contribution in [0.25, 0.3) is 0 Å². The zero-order valence-electron chi connectivity index (χ0n) is 12.6. The molecule has 20 heavy (non-hydrogen) atoms. The third-order valence-electron chi connectivity index (χ3n) is 3.97. The average molecular weight is 274 g/mol. The molecule has 1 aliphatic rings. The Hall–Kier alpha value is -1.35. The summed E-state index contributed by atoms with van der Waals surface area (Å²) >= 11 is 0. The van der Waals surface area contributed by atoms with E-state index < -0.39 is 0 Å². The minimum atomic E-state index is 0.242. The molecule has 1 aromatic rings. The molecule has 0 bridgehead atoms. The summed E-state index contributed by atoms with van der Waals surface area (Å²) in [7, 11) is 0. The molecule has 0 aromatic heterocycles. The number of piperidine rings is 1. The van der Waals surface area contributed by atoms with E-state index in [9.17, 15) is 4.79 Å². The van der Waals surface area contributed by atoms with Gasteiger partial charge in [0.25, 0.3) is 0 Å². The summed E-state index contributed by atoms with van der Waals surface area (Å²) in [5, 5.41) is 3.46. The lowest BCUT2D eigenvalue weighted by Gasteiger charge is -2.30. The molecule has 0 aliphatic carbocycles. The van der Waals surface area contributed by atoms with Crippen molar-refractivity contribution in [2.45, 2.75) is 58.2 Å². The lowest BCUT2D eigenvalue weighted by molar-refractivity contribution is -0.134. The Balaban J connectivity index is 1.95. The molecule has 0 spiro atoms. The second kappa shape index (κ2) is 7.44. The Labute approximate surface area is 122 Å². The summed E-state index contributed by atoms with van der Waals surface area (Å²) in [6, 6.07) is 10.8. The number of hydrogen-bond acceptors (Lipinski definition) is 2. The highest BCUT2D eigenvalue weighted by molar-refractivity contribution is 5.77. The molecular weight excluding hydrogens is 248 g/mol. The van der Waals surface area contributed by atoms with E-state index in [4.69, 9.17) is 0 Å². The number of carbonyl (C=O) groups is 1. The van der Waals surface area contributed by atoms with Gasteiger partial charge in [0.15, 0.2) is 0 Å². The largest absolute Gasteiger partial charge is 0.336 e. The van der Waals surface area contributed by atoms with Crippen LogP contribution in [0.2, 0.25) is 0 Å². The summed E-state index contributed by atoms with van der Waals surface area (Å²) in [6.07, 6.45) is 4.24. The molecule has 1 aliphatic heterocycles. The highest BCUT2D eigenvalue weighted by Gasteiger charge is 2.22. The van der Waals surface area contributed by atoms with Gasteiger partial charge in [-0.3, -0.25) is 4.79 Å². The van der Waals surface area contributed by atoms with Crippen molar-refractivity contribution in [3.63, 3.8) is 0 Å². The van der Waals surface area contributed by atoms with Crippen molar-refractivity contribution >= 4 is 5.91 Å². The lowest BCUT2D eigenvalue weighted by atomic mass is 10.0. The van der Waals surface area contributed by atoms with Crippen molar-refractivity contribution in [3.05, 3.63) is 35.9 Å². The number of nitrogens with one attached hydrogen (secondary N) is 1. The minimum absolute atomic E-state index is 0.242. The van der Waals surface area contributed by atoms with Crippen molar-refractivity contribution in [3.8, 4) is 0 Å². The van der Waals surface area contributed by atoms with E-state index in [2.05, 4.69) is 31.3 Å². The van der Waals surface area contributed by atoms with Crippen LogP contribution in [0.5, 0.6) is 0 Å². The van der Waals surface area contributed by atoms with Crippen molar-refractivity contribution in [2.75, 3.05) is 6.54 Å². The first-order valence-corrected chi connectivity index (χ1v) is 7.73. The second-order valence-electron chi connectivity index (χ2n) is 5.95. The zero-order chi connectivity index (χ0) is 14.4. The van der Waals surface area contributed by atoms with Gasteiger partial charge in [0, 0.05) is 25.0 Å². The predicted molar refractivity (Wildman–Crippen MR) is 82.4 cm³/mol. The summed E-state index contributed by atoms with van der Waals surface area (Å²) in [5.74, 6) is 0.267. The quantitative estimate of drug-likeness (QED) is 0.895. The van der Waals surface area contributed by atoms with E-state index in [0.29, 0.717) is 19.0 Å². The number of amides is 1. The molecule has 1 amide bonds. The third kappa shape index (κ3) is 4.34. The smallest absolute Gasteiger partial charge is 0.224 e. The van der Waals surface area contributed by atoms with Crippen LogP contribution in [0.1, 0.15) is 45.1 Å². The molecule has 0 radical (unpaired) electrons. The highest BCUT2D eigenvalue weighted by Crippen LogP contribution is 2.15. The topological polar surface area (TPSA) is 32.3 Å². The van der Waals surface area contributed by atoms with Crippen LogP contribution in [0.15, 0.2) is 30.3 Å². The monoisotopic (exact) mass is 274 g/mol. The second-order valence-corrected chi connectivity index (χ2v) is 5.95. The van der Waals surface area contributed by atoms with Crippen LogP contribution in [0.4, 0.5) is 0 Å². The molecule has 1 heterocycles. The molecule has 1 N–H and O–H groups in total. The van der Waals surface area contributed by atoms with E-state index >= 15 is 0 Å². The van der Waals surface area contributed by atoms with Gasteiger partial charge in [-0.2, -0.15) is 0 Å². The van der Waals surface area contributed by atoms with Crippen LogP contribution in [0, 0.1) is 0 Å². The zero-order valence-corrected chi connectivity index (χ0v) is 12.6. The maximum absolute atomic E-state index is 12.5. The SMILES string of the molecule is CC(C)N(Cc1ccccc1)C(=O)CC1CCCCN1. The molecule has 3 heteroatoms. The number of hydrogen-bond donors (Lipinski definition) is 1. The highest BCUT2D eigenvalue weighted by atomic mass is 16.2. The lowest BCUT2D eigenvalue weighted by Crippen LogP contribution is -2.42. The van der Waals surface area contributed by atoms with Crippen molar-refractivity contribution in [2.24, 2.45) is 0 Å². The van der Waals surface area contributed by atoms with Gasteiger partial charge in [0.2, 0.25) is 5.91 Å². The molecule has 2 rings (SSSR count). The normalized spacial score (nSPS) is 19.1. The first-order chi connectivity index (χ1) is 9.66. The van der Waals surface area contributed by atoms with E-state index in [1.54, 1.807) is 0 Å². The number of rotatable bonds is 5. The van der Waals surface area contributed by atoms with Gasteiger partial charge in [-0.15, -0.1) is 0 Å². The van der Waals surface area contributed by atoms with E-state index in [-0.39, 0.29) is 11.9 Å². The Morgan fingerprint density at radius 3 is 2.65 bits per heavy atom. The van der Waals surface area contributed by atoms with Gasteiger partial charge in [-0.1, -0.05) is 36.8 Å². The maximum atomic E-state index is 12.5. The van der Waals surface area contributed by atoms with Crippen LogP contribution in [-0.4, -0.2) is 29.4 Å². The van der Waals surface area contributed by atoms with Gasteiger partial charge >= 0.3 is 0 Å². The van der Waals surface area contributed by atoms with Crippen LogP contribution < -0.4 is 5.32 Å². The Morgan fingerprint density at radius 1 is 1.30 bits per heavy atom. The van der Waals surface area contributed by atoms with E-state index in [1.165, 1.54) is 18.4 Å². The minimum Gasteiger partial charge on any atom is -0.336 e. The van der Waals surface area contributed by atoms with Crippen molar-refractivity contribution in [1.29, 1.82) is 0 Å². The number of carbonyl (C=O) groups excluding carboxylic acids is 1. The third-order valence-corrected chi connectivity index (χ3v) is 3.97. The van der Waals surface area contributed by atoms with Crippen LogP contribution >= 0.6 is 0 Å². The fourth-order valence-corrected chi connectivity index (χ4v) is 2.77. The van der Waals surface area contributed by atoms with Crippen LogP contribution in [0.3, 0.4) is 0 Å². The Morgan fingerprint density at radius 2 is 2.05 bits per heavy atom. The standard InChI is InChI=1S/C17H26N2O/c1-14(2)19(13-15-8-4-3-5-9-15)17(20)12-16-10-6-7-11-18-16/h3-5,8-9,14,16,18H,6-7,10-13H2,1-2H3. The fraction of sp³-hybridized carbons (Fsp3) is 0.588. The fourth-order valence-electron chi connectivity index (χ4n) is 2.77. The number of nitrogens with zero attached hydrogens (tertiary/aromatic N) is 1. The number of benzene rings is 1. The van der Waals surface area contributed by atoms with E-state index in [1.807, 2.05) is 23.1 Å². The van der Waals surface area contributed by atoms with Crippen LogP contribution in [-0.2, 0) is 11.3 Å². The van der Waals surface area contributed by atoms with Gasteiger partial charge in [-0.05, 0) is 38.8 Å². The predicted octanol–water partition coefficient (Wildman–Crippen LogP) is 2.96. The maximum Gasteiger partial charge on any atom is 0.224 e. The average Bonchev–Trinajstić information content (AvgIpc) is 2.46. The molecule has 1 atom stereocenters. The molecular formula is C17H26N2O. The van der Waals surface area contributed by atoms with Gasteiger partial charge in [-0.25, -0.2) is 0 Å². The first-order valence-electron chi connectivity index (χ1n) is 7.73.